The highest BCUT2D eigenvalue weighted by Crippen LogP contribution is 2.30. The molecule has 0 unspecified atom stereocenters. The van der Waals surface area contributed by atoms with Crippen LogP contribution in [0, 0.1) is 0 Å². The first kappa shape index (κ1) is 12.4. The van der Waals surface area contributed by atoms with Crippen molar-refractivity contribution in [3.05, 3.63) is 29.6 Å². The average Bonchev–Trinajstić information content (AvgIpc) is 2.03. The summed E-state index contributed by atoms with van der Waals surface area (Å²) in [5.74, 6) is -1.14. The number of rotatable bonds is 1. The SMILES string of the molecule is C.NC(=O)c1cnccc1C(F)(F)F. The lowest BCUT2D eigenvalue weighted by atomic mass is 10.1. The summed E-state index contributed by atoms with van der Waals surface area (Å²) in [6.45, 7) is 0. The molecule has 14 heavy (non-hydrogen) atoms. The molecule has 1 rings (SSSR count). The van der Waals surface area contributed by atoms with Crippen LogP contribution >= 0.6 is 0 Å². The van der Waals surface area contributed by atoms with Crippen molar-refractivity contribution in [2.45, 2.75) is 13.6 Å². The fourth-order valence-corrected chi connectivity index (χ4v) is 0.838. The molecule has 0 aliphatic heterocycles. The van der Waals surface area contributed by atoms with E-state index >= 15 is 0 Å². The van der Waals surface area contributed by atoms with Crippen LogP contribution in [0.2, 0.25) is 0 Å². The molecule has 0 bridgehead atoms. The standard InChI is InChI=1S/C7H5F3N2O.CH4/c8-7(9,10)5-1-2-12-3-4(5)6(11)13;/h1-3H,(H2,11,13);1H4. The zero-order valence-electron chi connectivity index (χ0n) is 6.30. The molecule has 0 saturated carbocycles. The van der Waals surface area contributed by atoms with Crippen LogP contribution in [-0.2, 0) is 6.18 Å². The van der Waals surface area contributed by atoms with Crippen molar-refractivity contribution in [1.29, 1.82) is 0 Å². The molecular formula is C8H9F3N2O. The minimum absolute atomic E-state index is 0. The van der Waals surface area contributed by atoms with Crippen LogP contribution in [-0.4, -0.2) is 10.9 Å². The second kappa shape index (κ2) is 4.08. The van der Waals surface area contributed by atoms with E-state index in [1.165, 1.54) is 0 Å². The fourth-order valence-electron chi connectivity index (χ4n) is 0.838. The molecule has 2 N–H and O–H groups in total. The first-order valence-corrected chi connectivity index (χ1v) is 3.24. The van der Waals surface area contributed by atoms with Gasteiger partial charge in [0.1, 0.15) is 0 Å². The van der Waals surface area contributed by atoms with Crippen LogP contribution in [0.15, 0.2) is 18.5 Å². The molecule has 1 amide bonds. The molecule has 0 fully saturated rings. The van der Waals surface area contributed by atoms with Gasteiger partial charge in [-0.15, -0.1) is 0 Å². The Labute approximate surface area is 78.7 Å². The normalized spacial score (nSPS) is 10.5. The summed E-state index contributed by atoms with van der Waals surface area (Å²) < 4.78 is 36.5. The van der Waals surface area contributed by atoms with Gasteiger partial charge in [-0.1, -0.05) is 7.43 Å². The van der Waals surface area contributed by atoms with Gasteiger partial charge in [0.2, 0.25) is 0 Å². The number of alkyl halides is 3. The third-order valence-corrected chi connectivity index (χ3v) is 1.39. The van der Waals surface area contributed by atoms with E-state index in [0.717, 1.165) is 12.4 Å². The number of amides is 1. The van der Waals surface area contributed by atoms with E-state index in [1.807, 2.05) is 0 Å². The van der Waals surface area contributed by atoms with Crippen molar-refractivity contribution in [2.24, 2.45) is 5.73 Å². The van der Waals surface area contributed by atoms with Gasteiger partial charge < -0.3 is 5.73 Å². The van der Waals surface area contributed by atoms with Gasteiger partial charge >= 0.3 is 6.18 Å². The molecule has 0 radical (unpaired) electrons. The maximum atomic E-state index is 12.2. The lowest BCUT2D eigenvalue weighted by molar-refractivity contribution is -0.138. The predicted molar refractivity (Wildman–Crippen MR) is 44.5 cm³/mol. The number of halogens is 3. The van der Waals surface area contributed by atoms with E-state index in [4.69, 9.17) is 5.73 Å². The summed E-state index contributed by atoms with van der Waals surface area (Å²) in [5.41, 5.74) is 3.06. The number of aromatic nitrogens is 1. The Balaban J connectivity index is 0.00000169. The molecule has 0 aliphatic carbocycles. The number of carbonyl (C=O) groups excluding carboxylic acids is 1. The van der Waals surface area contributed by atoms with Crippen molar-refractivity contribution >= 4 is 5.91 Å². The number of nitrogens with zero attached hydrogens (tertiary/aromatic N) is 1. The van der Waals surface area contributed by atoms with Crippen molar-refractivity contribution in [3.63, 3.8) is 0 Å². The molecule has 3 nitrogen and oxygen atoms in total. The largest absolute Gasteiger partial charge is 0.417 e. The predicted octanol–water partition coefficient (Wildman–Crippen LogP) is 1.84. The van der Waals surface area contributed by atoms with Gasteiger partial charge in [-0.3, -0.25) is 9.78 Å². The monoisotopic (exact) mass is 206 g/mol. The third kappa shape index (κ3) is 2.45. The van der Waals surface area contributed by atoms with E-state index in [1.54, 1.807) is 0 Å². The summed E-state index contributed by atoms with van der Waals surface area (Å²) in [7, 11) is 0. The van der Waals surface area contributed by atoms with Crippen LogP contribution in [0.25, 0.3) is 0 Å². The maximum absolute atomic E-state index is 12.2. The molecule has 0 aliphatic rings. The zero-order chi connectivity index (χ0) is 10.1. The average molecular weight is 206 g/mol. The van der Waals surface area contributed by atoms with E-state index in [-0.39, 0.29) is 7.43 Å². The van der Waals surface area contributed by atoms with Gasteiger partial charge in [-0.05, 0) is 6.07 Å². The molecule has 78 valence electrons. The molecule has 0 saturated heterocycles. The minimum Gasteiger partial charge on any atom is -0.366 e. The summed E-state index contributed by atoms with van der Waals surface area (Å²) >= 11 is 0. The number of primary amides is 1. The van der Waals surface area contributed by atoms with E-state index < -0.39 is 23.2 Å². The second-order valence-corrected chi connectivity index (χ2v) is 2.28. The number of carbonyl (C=O) groups is 1. The van der Waals surface area contributed by atoms with Gasteiger partial charge in [0, 0.05) is 12.4 Å². The first-order valence-electron chi connectivity index (χ1n) is 3.24. The highest BCUT2D eigenvalue weighted by atomic mass is 19.4. The molecule has 0 spiro atoms. The number of nitrogens with two attached hydrogens (primary N) is 1. The Hall–Kier alpha value is -1.59. The quantitative estimate of drug-likeness (QED) is 0.762. The summed E-state index contributed by atoms with van der Waals surface area (Å²) in [4.78, 5) is 13.9. The Morgan fingerprint density at radius 2 is 2.00 bits per heavy atom. The number of hydrogen-bond donors (Lipinski definition) is 1. The highest BCUT2D eigenvalue weighted by molar-refractivity contribution is 5.94. The Bertz CT molecular complexity index is 336. The van der Waals surface area contributed by atoms with E-state index in [9.17, 15) is 18.0 Å². The van der Waals surface area contributed by atoms with Gasteiger partial charge in [0.05, 0.1) is 11.1 Å². The van der Waals surface area contributed by atoms with Crippen LogP contribution in [0.4, 0.5) is 13.2 Å². The van der Waals surface area contributed by atoms with Crippen molar-refractivity contribution in [2.75, 3.05) is 0 Å². The van der Waals surface area contributed by atoms with Crippen LogP contribution < -0.4 is 5.73 Å². The lowest BCUT2D eigenvalue weighted by Crippen LogP contribution is -2.18. The smallest absolute Gasteiger partial charge is 0.366 e. The van der Waals surface area contributed by atoms with Crippen molar-refractivity contribution in [1.82, 2.24) is 4.98 Å². The molecule has 0 atom stereocenters. The molecule has 1 aromatic heterocycles. The zero-order valence-corrected chi connectivity index (χ0v) is 6.30. The van der Waals surface area contributed by atoms with Crippen LogP contribution in [0.5, 0.6) is 0 Å². The van der Waals surface area contributed by atoms with E-state index in [0.29, 0.717) is 6.07 Å². The molecule has 1 heterocycles. The molecule has 1 aromatic rings. The van der Waals surface area contributed by atoms with Crippen LogP contribution in [0.3, 0.4) is 0 Å². The minimum atomic E-state index is -4.58. The number of hydrogen-bond acceptors (Lipinski definition) is 2. The van der Waals surface area contributed by atoms with Crippen molar-refractivity contribution in [3.8, 4) is 0 Å². The maximum Gasteiger partial charge on any atom is 0.417 e. The first-order chi connectivity index (χ1) is 5.93. The van der Waals surface area contributed by atoms with Crippen molar-refractivity contribution < 1.29 is 18.0 Å². The highest BCUT2D eigenvalue weighted by Gasteiger charge is 2.34. The van der Waals surface area contributed by atoms with Gasteiger partial charge in [0.25, 0.3) is 5.91 Å². The summed E-state index contributed by atoms with van der Waals surface area (Å²) in [6, 6.07) is 0.708. The lowest BCUT2D eigenvalue weighted by Gasteiger charge is -2.08. The van der Waals surface area contributed by atoms with Gasteiger partial charge in [-0.2, -0.15) is 13.2 Å². The number of pyridine rings is 1. The van der Waals surface area contributed by atoms with Crippen LogP contribution in [0.1, 0.15) is 23.3 Å². The third-order valence-electron chi connectivity index (χ3n) is 1.39. The molecule has 6 heteroatoms. The topological polar surface area (TPSA) is 56.0 Å². The molecule has 0 aromatic carbocycles. The Kier molecular flexibility index (Phi) is 3.62. The Morgan fingerprint density at radius 3 is 2.36 bits per heavy atom. The fraction of sp³-hybridized carbons (Fsp3) is 0.250. The molecular weight excluding hydrogens is 197 g/mol. The Morgan fingerprint density at radius 1 is 1.43 bits per heavy atom. The summed E-state index contributed by atoms with van der Waals surface area (Å²) in [6.07, 6.45) is -2.83. The summed E-state index contributed by atoms with van der Waals surface area (Å²) in [5, 5.41) is 0. The van der Waals surface area contributed by atoms with Gasteiger partial charge in [-0.25, -0.2) is 0 Å². The van der Waals surface area contributed by atoms with Gasteiger partial charge in [0.15, 0.2) is 0 Å². The second-order valence-electron chi connectivity index (χ2n) is 2.28. The van der Waals surface area contributed by atoms with E-state index in [2.05, 4.69) is 4.98 Å².